The van der Waals surface area contributed by atoms with E-state index in [4.69, 9.17) is 0 Å². The molecule has 9 heteroatoms. The predicted molar refractivity (Wildman–Crippen MR) is 96.0 cm³/mol. The number of nitrogens with zero attached hydrogens (tertiary/aromatic N) is 3. The molecule has 134 valence electrons. The van der Waals surface area contributed by atoms with E-state index in [2.05, 4.69) is 16.0 Å². The summed E-state index contributed by atoms with van der Waals surface area (Å²) >= 11 is 0. The highest BCUT2D eigenvalue weighted by Gasteiger charge is 2.37. The second kappa shape index (κ2) is 5.82. The third kappa shape index (κ3) is 2.44. The van der Waals surface area contributed by atoms with Gasteiger partial charge in [0.1, 0.15) is 11.7 Å². The second-order valence-corrected chi connectivity index (χ2v) is 7.92. The number of fused-ring (bicyclic) bond motifs is 3. The minimum Gasteiger partial charge on any atom is -0.362 e. The zero-order valence-electron chi connectivity index (χ0n) is 14.1. The van der Waals surface area contributed by atoms with E-state index in [1.807, 2.05) is 43.3 Å². The Bertz CT molecular complexity index is 1060. The normalized spacial score (nSPS) is 16.0. The highest BCUT2D eigenvalue weighted by molar-refractivity contribution is 7.95. The molecular weight excluding hydrogens is 357 g/mol. The van der Waals surface area contributed by atoms with E-state index in [9.17, 15) is 12.8 Å². The average molecular weight is 373 g/mol. The summed E-state index contributed by atoms with van der Waals surface area (Å²) in [6.45, 7) is 0. The third-order valence-electron chi connectivity index (χ3n) is 4.09. The molecule has 26 heavy (non-hydrogen) atoms. The van der Waals surface area contributed by atoms with Crippen LogP contribution in [0.2, 0.25) is 0 Å². The SMILES string of the molecule is CN(C)C1=NC2=C(S(=O)(=O)c3cccc(F)c3)NNN2c2ccccc21. The summed E-state index contributed by atoms with van der Waals surface area (Å²) in [6.07, 6.45) is 0. The van der Waals surface area contributed by atoms with Crippen LogP contribution >= 0.6 is 0 Å². The Morgan fingerprint density at radius 1 is 1.12 bits per heavy atom. The fraction of sp³-hybridized carbons (Fsp3) is 0.118. The van der Waals surface area contributed by atoms with Crippen LogP contribution in [0.5, 0.6) is 0 Å². The molecule has 0 spiro atoms. The van der Waals surface area contributed by atoms with E-state index >= 15 is 0 Å². The zero-order valence-corrected chi connectivity index (χ0v) is 14.9. The van der Waals surface area contributed by atoms with Crippen molar-refractivity contribution in [2.45, 2.75) is 4.90 Å². The van der Waals surface area contributed by atoms with Gasteiger partial charge in [-0.25, -0.2) is 22.8 Å². The first kappa shape index (κ1) is 16.6. The molecule has 0 saturated heterocycles. The molecule has 0 radical (unpaired) electrons. The zero-order chi connectivity index (χ0) is 18.5. The molecule has 2 aromatic carbocycles. The first-order valence-corrected chi connectivity index (χ1v) is 9.30. The van der Waals surface area contributed by atoms with Crippen LogP contribution in [-0.4, -0.2) is 33.2 Å². The maximum atomic E-state index is 13.5. The van der Waals surface area contributed by atoms with Crippen LogP contribution in [0.15, 0.2) is 69.3 Å². The van der Waals surface area contributed by atoms with E-state index in [1.165, 1.54) is 18.2 Å². The first-order valence-electron chi connectivity index (χ1n) is 7.82. The Kier molecular flexibility index (Phi) is 3.70. The minimum atomic E-state index is -3.98. The summed E-state index contributed by atoms with van der Waals surface area (Å²) in [5.74, 6) is 0.215. The van der Waals surface area contributed by atoms with Crippen LogP contribution in [0, 0.1) is 5.82 Å². The van der Waals surface area contributed by atoms with Gasteiger partial charge in [0.2, 0.25) is 9.84 Å². The molecule has 0 aromatic heterocycles. The fourth-order valence-corrected chi connectivity index (χ4v) is 4.21. The van der Waals surface area contributed by atoms with Gasteiger partial charge in [-0.2, -0.15) is 0 Å². The van der Waals surface area contributed by atoms with Crippen molar-refractivity contribution in [3.8, 4) is 0 Å². The van der Waals surface area contributed by atoms with E-state index < -0.39 is 15.7 Å². The quantitative estimate of drug-likeness (QED) is 0.832. The van der Waals surface area contributed by atoms with E-state index in [1.54, 1.807) is 5.01 Å². The molecule has 0 atom stereocenters. The Balaban J connectivity index is 1.92. The van der Waals surface area contributed by atoms with Gasteiger partial charge in [-0.3, -0.25) is 5.43 Å². The number of para-hydroxylation sites is 1. The Morgan fingerprint density at radius 2 is 1.88 bits per heavy atom. The third-order valence-corrected chi connectivity index (χ3v) is 5.79. The van der Waals surface area contributed by atoms with Gasteiger partial charge < -0.3 is 4.90 Å². The summed E-state index contributed by atoms with van der Waals surface area (Å²) < 4.78 is 39.5. The van der Waals surface area contributed by atoms with Crippen LogP contribution in [0.1, 0.15) is 5.56 Å². The van der Waals surface area contributed by atoms with Gasteiger partial charge in [0.15, 0.2) is 10.9 Å². The largest absolute Gasteiger partial charge is 0.362 e. The molecule has 0 saturated carbocycles. The van der Waals surface area contributed by atoms with Crippen molar-refractivity contribution in [3.63, 3.8) is 0 Å². The second-order valence-electron chi connectivity index (χ2n) is 6.03. The van der Waals surface area contributed by atoms with Crippen molar-refractivity contribution < 1.29 is 12.8 Å². The van der Waals surface area contributed by atoms with Crippen molar-refractivity contribution in [2.75, 3.05) is 19.1 Å². The van der Waals surface area contributed by atoms with Crippen molar-refractivity contribution in [2.24, 2.45) is 4.99 Å². The molecule has 7 nitrogen and oxygen atoms in total. The first-order chi connectivity index (χ1) is 12.4. The molecule has 0 fully saturated rings. The lowest BCUT2D eigenvalue weighted by molar-refractivity contribution is 0.588. The lowest BCUT2D eigenvalue weighted by atomic mass is 10.1. The number of sulfone groups is 1. The Labute approximate surface area is 150 Å². The van der Waals surface area contributed by atoms with Crippen LogP contribution in [0.25, 0.3) is 0 Å². The summed E-state index contributed by atoms with van der Waals surface area (Å²) in [7, 11) is -0.313. The number of anilines is 1. The summed E-state index contributed by atoms with van der Waals surface area (Å²) in [6, 6.07) is 12.4. The molecule has 2 N–H and O–H groups in total. The van der Waals surface area contributed by atoms with Crippen LogP contribution in [0.4, 0.5) is 10.1 Å². The van der Waals surface area contributed by atoms with Crippen LogP contribution in [0.3, 0.4) is 0 Å². The fourth-order valence-electron chi connectivity index (χ4n) is 2.89. The lowest BCUT2D eigenvalue weighted by Gasteiger charge is -2.29. The Morgan fingerprint density at radius 3 is 2.62 bits per heavy atom. The topological polar surface area (TPSA) is 77.0 Å². The standard InChI is InChI=1S/C17H16FN5O2S/c1-22(2)15-13-8-3-4-9-14(13)23-16(19-15)17(20-21-23)26(24,25)12-7-5-6-11(18)10-12/h3-10,20-21H,1-2H3. The van der Waals surface area contributed by atoms with Gasteiger partial charge in [0.05, 0.1) is 10.6 Å². The smallest absolute Gasteiger partial charge is 0.226 e. The number of aliphatic imine (C=N–C) groups is 1. The Hall–Kier alpha value is -2.91. The van der Waals surface area contributed by atoms with Crippen LogP contribution < -0.4 is 16.0 Å². The van der Waals surface area contributed by atoms with Crippen molar-refractivity contribution in [1.29, 1.82) is 0 Å². The highest BCUT2D eigenvalue weighted by atomic mass is 32.2. The summed E-state index contributed by atoms with van der Waals surface area (Å²) in [5.41, 5.74) is 7.13. The van der Waals surface area contributed by atoms with Gasteiger partial charge in [-0.05, 0) is 30.3 Å². The maximum absolute atomic E-state index is 13.5. The monoisotopic (exact) mass is 373 g/mol. The van der Waals surface area contributed by atoms with Gasteiger partial charge in [0, 0.05) is 19.7 Å². The number of rotatable bonds is 2. The number of hydrogen-bond donors (Lipinski definition) is 2. The number of halogens is 1. The van der Waals surface area contributed by atoms with Crippen molar-refractivity contribution in [3.05, 3.63) is 70.8 Å². The van der Waals surface area contributed by atoms with Crippen LogP contribution in [-0.2, 0) is 9.84 Å². The molecule has 0 bridgehead atoms. The molecule has 0 aliphatic carbocycles. The summed E-state index contributed by atoms with van der Waals surface area (Å²) in [4.78, 5) is 6.20. The van der Waals surface area contributed by atoms with Gasteiger partial charge in [-0.1, -0.05) is 18.2 Å². The summed E-state index contributed by atoms with van der Waals surface area (Å²) in [5, 5.41) is 1.44. The molecule has 2 heterocycles. The lowest BCUT2D eigenvalue weighted by Crippen LogP contribution is -2.41. The van der Waals surface area contributed by atoms with Gasteiger partial charge >= 0.3 is 0 Å². The average Bonchev–Trinajstić information content (AvgIpc) is 3.06. The van der Waals surface area contributed by atoms with E-state index in [-0.39, 0.29) is 15.7 Å². The predicted octanol–water partition coefficient (Wildman–Crippen LogP) is 1.58. The molecule has 0 amide bonds. The molecule has 2 aliphatic heterocycles. The van der Waals surface area contributed by atoms with Crippen molar-refractivity contribution in [1.82, 2.24) is 15.9 Å². The van der Waals surface area contributed by atoms with Gasteiger partial charge in [-0.15, -0.1) is 5.53 Å². The number of nitrogens with one attached hydrogen (secondary N) is 2. The number of hydrogen-bond acceptors (Lipinski definition) is 7. The maximum Gasteiger partial charge on any atom is 0.226 e. The van der Waals surface area contributed by atoms with E-state index in [0.717, 1.165) is 17.3 Å². The number of amidine groups is 1. The minimum absolute atomic E-state index is 0.128. The highest BCUT2D eigenvalue weighted by Crippen LogP contribution is 2.35. The molecule has 4 rings (SSSR count). The molecular formula is C17H16FN5O2S. The number of hydrazine groups is 2. The number of benzene rings is 2. The molecule has 0 unspecified atom stereocenters. The molecule has 2 aromatic rings. The van der Waals surface area contributed by atoms with E-state index in [0.29, 0.717) is 5.84 Å². The molecule has 2 aliphatic rings. The van der Waals surface area contributed by atoms with Gasteiger partial charge in [0.25, 0.3) is 0 Å². The van der Waals surface area contributed by atoms with Crippen molar-refractivity contribution >= 4 is 21.4 Å².